The fourth-order valence-electron chi connectivity index (χ4n) is 2.07. The van der Waals surface area contributed by atoms with Gasteiger partial charge < -0.3 is 24.8 Å². The third-order valence-corrected chi connectivity index (χ3v) is 3.63. The lowest BCUT2D eigenvalue weighted by atomic mass is 10.3. The molecule has 0 saturated heterocycles. The Balaban J connectivity index is 2.15. The number of hydrogen-bond acceptors (Lipinski definition) is 7. The van der Waals surface area contributed by atoms with Crippen LogP contribution in [0.2, 0.25) is 0 Å². The number of amides is 1. The van der Waals surface area contributed by atoms with Crippen LogP contribution in [0.25, 0.3) is 11.2 Å². The molecule has 0 bridgehead atoms. The third kappa shape index (κ3) is 5.57. The summed E-state index contributed by atoms with van der Waals surface area (Å²) < 4.78 is 16.9. The Bertz CT molecular complexity index is 832. The summed E-state index contributed by atoms with van der Waals surface area (Å²) in [5.74, 6) is -1.51. The molecule has 1 atom stereocenters. The van der Waals surface area contributed by atoms with Gasteiger partial charge in [0, 0.05) is 6.42 Å². The number of anilines is 1. The predicted molar refractivity (Wildman–Crippen MR) is 83.4 cm³/mol. The van der Waals surface area contributed by atoms with E-state index in [-0.39, 0.29) is 30.7 Å². The normalized spacial score (nSPS) is 12.9. The first-order chi connectivity index (χ1) is 11.7. The van der Waals surface area contributed by atoms with Gasteiger partial charge in [0.1, 0.15) is 6.33 Å². The highest BCUT2D eigenvalue weighted by atomic mass is 31.2. The number of carboxylic acids is 1. The van der Waals surface area contributed by atoms with Crippen LogP contribution in [0.5, 0.6) is 0 Å². The van der Waals surface area contributed by atoms with Gasteiger partial charge in [-0.3, -0.25) is 14.1 Å². The molecule has 2 rings (SSSR count). The number of aliphatic carboxylic acids is 1. The Hall–Kier alpha value is -2.40. The van der Waals surface area contributed by atoms with Gasteiger partial charge in [-0.05, 0) is 6.92 Å². The molecule has 0 saturated carbocycles. The number of phosphoric acid groups is 1. The van der Waals surface area contributed by atoms with Crippen LogP contribution >= 0.6 is 7.82 Å². The molecule has 12 nitrogen and oxygen atoms in total. The minimum atomic E-state index is -4.62. The molecule has 13 heteroatoms. The Kier molecular flexibility index (Phi) is 5.80. The van der Waals surface area contributed by atoms with Crippen LogP contribution in [0.3, 0.4) is 0 Å². The molecule has 136 valence electrons. The van der Waals surface area contributed by atoms with Gasteiger partial charge in [-0.1, -0.05) is 0 Å². The number of fused-ring (bicyclic) bond motifs is 1. The summed E-state index contributed by atoms with van der Waals surface area (Å²) in [5.41, 5.74) is 0.583. The van der Waals surface area contributed by atoms with Gasteiger partial charge in [-0.25, -0.2) is 19.5 Å². The van der Waals surface area contributed by atoms with Crippen molar-refractivity contribution < 1.29 is 33.6 Å². The Morgan fingerprint density at radius 1 is 1.32 bits per heavy atom. The SMILES string of the molecule is C[C@H](Cn1cnc2c(NC(=O)CCC(=O)O)ncnc21)OP(=O)(O)O. The number of aromatic nitrogens is 4. The van der Waals surface area contributed by atoms with Crippen LogP contribution in [0.15, 0.2) is 12.7 Å². The van der Waals surface area contributed by atoms with Crippen molar-refractivity contribution in [2.75, 3.05) is 5.32 Å². The second-order valence-corrected chi connectivity index (χ2v) is 6.33. The Labute approximate surface area is 141 Å². The summed E-state index contributed by atoms with van der Waals surface area (Å²) in [6, 6.07) is 0. The standard InChI is InChI=1S/C12H16N5O7P/c1-7(24-25(21,22)23)4-17-6-15-10-11(13-5-14-12(10)17)16-8(18)2-3-9(19)20/h5-7H,2-4H2,1H3,(H,19,20)(H2,21,22,23)(H,13,14,16,18)/t7-/m1/s1. The first kappa shape index (κ1) is 18.9. The van der Waals surface area contributed by atoms with Crippen LogP contribution < -0.4 is 5.32 Å². The number of carboxylic acid groups (broad SMARTS) is 1. The molecule has 0 spiro atoms. The lowest BCUT2D eigenvalue weighted by Gasteiger charge is -2.14. The van der Waals surface area contributed by atoms with Crippen LogP contribution in [-0.2, 0) is 25.2 Å². The van der Waals surface area contributed by atoms with Crippen molar-refractivity contribution in [2.24, 2.45) is 0 Å². The molecule has 2 heterocycles. The summed E-state index contributed by atoms with van der Waals surface area (Å²) in [7, 11) is -4.62. The number of rotatable bonds is 8. The zero-order valence-electron chi connectivity index (χ0n) is 13.1. The fraction of sp³-hybridized carbons (Fsp3) is 0.417. The number of nitrogens with zero attached hydrogens (tertiary/aromatic N) is 4. The van der Waals surface area contributed by atoms with Gasteiger partial charge in [0.15, 0.2) is 17.0 Å². The monoisotopic (exact) mass is 373 g/mol. The van der Waals surface area contributed by atoms with E-state index in [1.165, 1.54) is 24.1 Å². The van der Waals surface area contributed by atoms with Gasteiger partial charge in [-0.2, -0.15) is 0 Å². The first-order valence-corrected chi connectivity index (χ1v) is 8.60. The molecule has 0 unspecified atom stereocenters. The van der Waals surface area contributed by atoms with Crippen LogP contribution in [0.1, 0.15) is 19.8 Å². The van der Waals surface area contributed by atoms with E-state index in [4.69, 9.17) is 14.9 Å². The molecule has 1 amide bonds. The van der Waals surface area contributed by atoms with E-state index in [9.17, 15) is 14.2 Å². The van der Waals surface area contributed by atoms with Gasteiger partial charge in [0.05, 0.1) is 25.4 Å². The van der Waals surface area contributed by atoms with Crippen molar-refractivity contribution in [3.8, 4) is 0 Å². The van der Waals surface area contributed by atoms with Gasteiger partial charge in [0.2, 0.25) is 5.91 Å². The van der Waals surface area contributed by atoms with Crippen molar-refractivity contribution in [1.29, 1.82) is 0 Å². The minimum Gasteiger partial charge on any atom is -0.481 e. The highest BCUT2D eigenvalue weighted by molar-refractivity contribution is 7.46. The zero-order valence-corrected chi connectivity index (χ0v) is 14.0. The van der Waals surface area contributed by atoms with Crippen LogP contribution in [-0.4, -0.2) is 52.4 Å². The lowest BCUT2D eigenvalue weighted by Crippen LogP contribution is -2.16. The van der Waals surface area contributed by atoms with E-state index in [1.54, 1.807) is 0 Å². The molecule has 4 N–H and O–H groups in total. The summed E-state index contributed by atoms with van der Waals surface area (Å²) in [4.78, 5) is 51.8. The molecule has 0 radical (unpaired) electrons. The fourth-order valence-corrected chi connectivity index (χ4v) is 2.60. The number of carbonyl (C=O) groups excluding carboxylic acids is 1. The summed E-state index contributed by atoms with van der Waals surface area (Å²) in [6.45, 7) is 1.53. The molecule has 2 aromatic rings. The molecular weight excluding hydrogens is 357 g/mol. The second-order valence-electron chi connectivity index (χ2n) is 5.14. The molecule has 0 fully saturated rings. The average molecular weight is 373 g/mol. The highest BCUT2D eigenvalue weighted by Gasteiger charge is 2.20. The van der Waals surface area contributed by atoms with Gasteiger partial charge in [-0.15, -0.1) is 0 Å². The topological polar surface area (TPSA) is 177 Å². The van der Waals surface area contributed by atoms with Crippen LogP contribution in [0, 0.1) is 0 Å². The average Bonchev–Trinajstić information content (AvgIpc) is 2.87. The molecule has 0 aliphatic carbocycles. The largest absolute Gasteiger partial charge is 0.481 e. The zero-order chi connectivity index (χ0) is 18.6. The molecular formula is C12H16N5O7P. The molecule has 0 aromatic carbocycles. The molecule has 25 heavy (non-hydrogen) atoms. The Morgan fingerprint density at radius 2 is 2.04 bits per heavy atom. The predicted octanol–water partition coefficient (Wildman–Crippen LogP) is 0.127. The van der Waals surface area contributed by atoms with Crippen LogP contribution in [0.4, 0.5) is 5.82 Å². The Morgan fingerprint density at radius 3 is 2.68 bits per heavy atom. The van der Waals surface area contributed by atoms with E-state index in [0.717, 1.165) is 0 Å². The maximum atomic E-state index is 11.7. The number of carbonyl (C=O) groups is 2. The van der Waals surface area contributed by atoms with E-state index in [2.05, 4.69) is 24.8 Å². The number of phosphoric ester groups is 1. The maximum absolute atomic E-state index is 11.7. The maximum Gasteiger partial charge on any atom is 0.469 e. The molecule has 2 aromatic heterocycles. The number of hydrogen-bond donors (Lipinski definition) is 4. The van der Waals surface area contributed by atoms with E-state index in [1.807, 2.05) is 0 Å². The van der Waals surface area contributed by atoms with E-state index >= 15 is 0 Å². The minimum absolute atomic E-state index is 0.0605. The highest BCUT2D eigenvalue weighted by Crippen LogP contribution is 2.37. The quantitative estimate of drug-likeness (QED) is 0.465. The van der Waals surface area contributed by atoms with Crippen molar-refractivity contribution in [2.45, 2.75) is 32.4 Å². The third-order valence-electron chi connectivity index (χ3n) is 3.00. The van der Waals surface area contributed by atoms with Gasteiger partial charge >= 0.3 is 13.8 Å². The number of imidazole rings is 1. The number of nitrogens with one attached hydrogen (secondary N) is 1. The summed E-state index contributed by atoms with van der Waals surface area (Å²) >= 11 is 0. The molecule has 0 aliphatic heterocycles. The van der Waals surface area contributed by atoms with Gasteiger partial charge in [0.25, 0.3) is 0 Å². The van der Waals surface area contributed by atoms with Crippen molar-refractivity contribution in [1.82, 2.24) is 19.5 Å². The summed E-state index contributed by atoms with van der Waals surface area (Å²) in [6.07, 6.45) is 1.20. The van der Waals surface area contributed by atoms with Crippen molar-refractivity contribution in [3.63, 3.8) is 0 Å². The lowest BCUT2D eigenvalue weighted by molar-refractivity contribution is -0.138. The van der Waals surface area contributed by atoms with Crippen molar-refractivity contribution >= 4 is 36.7 Å². The smallest absolute Gasteiger partial charge is 0.469 e. The second kappa shape index (κ2) is 7.66. The van der Waals surface area contributed by atoms with E-state index < -0.39 is 25.8 Å². The first-order valence-electron chi connectivity index (χ1n) is 7.07. The van der Waals surface area contributed by atoms with E-state index in [0.29, 0.717) is 5.65 Å². The van der Waals surface area contributed by atoms with Crippen molar-refractivity contribution in [3.05, 3.63) is 12.7 Å². The molecule has 0 aliphatic rings. The summed E-state index contributed by atoms with van der Waals surface area (Å²) in [5, 5.41) is 11.0.